The Morgan fingerprint density at radius 2 is 1.75 bits per heavy atom. The van der Waals surface area contributed by atoms with E-state index in [4.69, 9.17) is 9.15 Å². The van der Waals surface area contributed by atoms with Crippen LogP contribution in [0.2, 0.25) is 0 Å². The average molecular weight is 508 g/mol. The molecule has 1 amide bonds. The minimum Gasteiger partial charge on any atom is -0.497 e. The van der Waals surface area contributed by atoms with E-state index in [2.05, 4.69) is 10.6 Å². The van der Waals surface area contributed by atoms with Crippen molar-refractivity contribution in [2.45, 2.75) is 24.4 Å². The number of anilines is 1. The summed E-state index contributed by atoms with van der Waals surface area (Å²) in [6.07, 6.45) is 0. The average Bonchev–Trinajstić information content (AvgIpc) is 3.30. The number of fused-ring (bicyclic) bond motifs is 1. The number of carbonyl (C=O) groups is 1. The lowest BCUT2D eigenvalue weighted by Crippen LogP contribution is -2.27. The molecule has 1 atom stereocenters. The third-order valence-electron chi connectivity index (χ3n) is 5.85. The molecule has 0 radical (unpaired) electrons. The Morgan fingerprint density at radius 3 is 2.42 bits per heavy atom. The maximum atomic E-state index is 13.2. The van der Waals surface area contributed by atoms with Gasteiger partial charge in [0.25, 0.3) is 5.91 Å². The van der Waals surface area contributed by atoms with Crippen LogP contribution < -0.4 is 15.4 Å². The maximum Gasteiger partial charge on any atom is 0.251 e. The number of para-hydroxylation sites is 1. The van der Waals surface area contributed by atoms with Gasteiger partial charge in [0.2, 0.25) is 10.0 Å². The Morgan fingerprint density at radius 1 is 1.03 bits per heavy atom. The molecule has 36 heavy (non-hydrogen) atoms. The summed E-state index contributed by atoms with van der Waals surface area (Å²) in [6, 6.07) is 21.2. The molecule has 4 aromatic rings. The Kier molecular flexibility index (Phi) is 7.32. The van der Waals surface area contributed by atoms with Gasteiger partial charge in [0.1, 0.15) is 17.1 Å². The van der Waals surface area contributed by atoms with Crippen LogP contribution in [0.1, 0.15) is 34.6 Å². The summed E-state index contributed by atoms with van der Waals surface area (Å²) in [5.41, 5.74) is 2.38. The summed E-state index contributed by atoms with van der Waals surface area (Å²) >= 11 is 0. The van der Waals surface area contributed by atoms with Gasteiger partial charge in [-0.05, 0) is 55.0 Å². The smallest absolute Gasteiger partial charge is 0.251 e. The summed E-state index contributed by atoms with van der Waals surface area (Å²) in [4.78, 5) is 13.2. The van der Waals surface area contributed by atoms with E-state index >= 15 is 0 Å². The second-order valence-electron chi connectivity index (χ2n) is 8.61. The Hall–Kier alpha value is -3.82. The van der Waals surface area contributed by atoms with Crippen LogP contribution in [0.5, 0.6) is 5.75 Å². The third-order valence-corrected chi connectivity index (χ3v) is 7.65. The van der Waals surface area contributed by atoms with Crippen molar-refractivity contribution in [3.05, 3.63) is 89.7 Å². The Balaban J connectivity index is 1.59. The quantitative estimate of drug-likeness (QED) is 0.338. The summed E-state index contributed by atoms with van der Waals surface area (Å²) in [7, 11) is 0.728. The highest BCUT2D eigenvalue weighted by Crippen LogP contribution is 2.25. The fourth-order valence-corrected chi connectivity index (χ4v) is 4.73. The minimum absolute atomic E-state index is 0.0179. The van der Waals surface area contributed by atoms with Crippen LogP contribution in [0, 0.1) is 0 Å². The molecule has 3 aromatic carbocycles. The van der Waals surface area contributed by atoms with Gasteiger partial charge in [0.05, 0.1) is 24.6 Å². The molecule has 0 aliphatic rings. The molecule has 1 heterocycles. The number of nitrogens with zero attached hydrogens (tertiary/aromatic N) is 1. The standard InChI is InChI=1S/C27H29N3O5S/c1-18(19-9-11-23(34-4)12-10-19)29-27(31)21-13-22(16-25(15-21)36(32,33)30(2)3)28-17-24-14-20-7-5-6-8-26(20)35-24/h5-16,18,28H,17H2,1-4H3,(H,29,31)/t18-/m1/s1. The number of ether oxygens (including phenoxy) is 1. The van der Waals surface area contributed by atoms with E-state index in [1.165, 1.54) is 26.2 Å². The molecule has 0 aliphatic carbocycles. The zero-order chi connectivity index (χ0) is 25.9. The van der Waals surface area contributed by atoms with Crippen molar-refractivity contribution in [1.29, 1.82) is 0 Å². The van der Waals surface area contributed by atoms with E-state index in [9.17, 15) is 13.2 Å². The summed E-state index contributed by atoms with van der Waals surface area (Å²) in [6.45, 7) is 2.18. The highest BCUT2D eigenvalue weighted by molar-refractivity contribution is 7.89. The zero-order valence-corrected chi connectivity index (χ0v) is 21.4. The minimum atomic E-state index is -3.77. The molecular weight excluding hydrogens is 478 g/mol. The number of rotatable bonds is 9. The number of hydrogen-bond acceptors (Lipinski definition) is 6. The largest absolute Gasteiger partial charge is 0.497 e. The summed E-state index contributed by atoms with van der Waals surface area (Å²) in [5, 5.41) is 7.12. The highest BCUT2D eigenvalue weighted by atomic mass is 32.2. The highest BCUT2D eigenvalue weighted by Gasteiger charge is 2.21. The van der Waals surface area contributed by atoms with E-state index in [0.717, 1.165) is 26.6 Å². The maximum absolute atomic E-state index is 13.2. The molecule has 0 saturated carbocycles. The number of carbonyl (C=O) groups excluding carboxylic acids is 1. The van der Waals surface area contributed by atoms with Crippen molar-refractivity contribution in [1.82, 2.24) is 9.62 Å². The van der Waals surface area contributed by atoms with Crippen LogP contribution in [0.15, 0.2) is 82.1 Å². The molecule has 0 saturated heterocycles. The van der Waals surface area contributed by atoms with Gasteiger partial charge in [0, 0.05) is 30.7 Å². The van der Waals surface area contributed by atoms with Gasteiger partial charge in [-0.25, -0.2) is 12.7 Å². The number of nitrogens with one attached hydrogen (secondary N) is 2. The predicted octanol–water partition coefficient (Wildman–Crippen LogP) is 4.79. The molecule has 0 unspecified atom stereocenters. The van der Waals surface area contributed by atoms with Gasteiger partial charge in [-0.15, -0.1) is 0 Å². The monoisotopic (exact) mass is 507 g/mol. The molecule has 0 aliphatic heterocycles. The lowest BCUT2D eigenvalue weighted by molar-refractivity contribution is 0.0939. The van der Waals surface area contributed by atoms with Gasteiger partial charge in [-0.1, -0.05) is 30.3 Å². The molecule has 8 nitrogen and oxygen atoms in total. The van der Waals surface area contributed by atoms with Crippen LogP contribution >= 0.6 is 0 Å². The van der Waals surface area contributed by atoms with Crippen molar-refractivity contribution in [2.24, 2.45) is 0 Å². The number of benzene rings is 3. The molecule has 0 spiro atoms. The first-order chi connectivity index (χ1) is 17.2. The van der Waals surface area contributed by atoms with Crippen LogP contribution in [-0.4, -0.2) is 39.8 Å². The van der Waals surface area contributed by atoms with Gasteiger partial charge < -0.3 is 19.8 Å². The molecule has 0 bridgehead atoms. The first-order valence-corrected chi connectivity index (χ1v) is 12.8. The van der Waals surface area contributed by atoms with Crippen LogP contribution in [0.3, 0.4) is 0 Å². The molecule has 188 valence electrons. The van der Waals surface area contributed by atoms with Crippen LogP contribution in [0.4, 0.5) is 5.69 Å². The first-order valence-electron chi connectivity index (χ1n) is 11.4. The number of methoxy groups -OCH3 is 1. The molecule has 9 heteroatoms. The fraction of sp³-hybridized carbons (Fsp3) is 0.222. The van der Waals surface area contributed by atoms with E-state index in [1.54, 1.807) is 13.2 Å². The van der Waals surface area contributed by atoms with Crippen molar-refractivity contribution in [3.8, 4) is 5.75 Å². The lowest BCUT2D eigenvalue weighted by Gasteiger charge is -2.17. The third kappa shape index (κ3) is 5.53. The molecular formula is C27H29N3O5S. The molecule has 0 fully saturated rings. The number of sulfonamides is 1. The van der Waals surface area contributed by atoms with Crippen LogP contribution in [-0.2, 0) is 16.6 Å². The van der Waals surface area contributed by atoms with Crippen molar-refractivity contribution in [3.63, 3.8) is 0 Å². The van der Waals surface area contributed by atoms with Crippen molar-refractivity contribution >= 4 is 32.6 Å². The van der Waals surface area contributed by atoms with E-state index in [-0.39, 0.29) is 22.4 Å². The number of hydrogen-bond donors (Lipinski definition) is 2. The first kappa shape index (κ1) is 25.3. The van der Waals surface area contributed by atoms with Gasteiger partial charge >= 0.3 is 0 Å². The lowest BCUT2D eigenvalue weighted by atomic mass is 10.1. The van der Waals surface area contributed by atoms with Gasteiger partial charge in [0.15, 0.2) is 0 Å². The van der Waals surface area contributed by atoms with Crippen LogP contribution in [0.25, 0.3) is 11.0 Å². The SMILES string of the molecule is COc1ccc([C@@H](C)NC(=O)c2cc(NCc3cc4ccccc4o3)cc(S(=O)(=O)N(C)C)c2)cc1. The van der Waals surface area contributed by atoms with Gasteiger partial charge in [-0.3, -0.25) is 4.79 Å². The second kappa shape index (κ2) is 10.4. The normalized spacial score (nSPS) is 12.5. The second-order valence-corrected chi connectivity index (χ2v) is 10.8. The van der Waals surface area contributed by atoms with Gasteiger partial charge in [-0.2, -0.15) is 0 Å². The van der Waals surface area contributed by atoms with E-state index in [1.807, 2.05) is 61.5 Å². The Bertz CT molecular complexity index is 1440. The van der Waals surface area contributed by atoms with Crippen molar-refractivity contribution in [2.75, 3.05) is 26.5 Å². The number of furan rings is 1. The summed E-state index contributed by atoms with van der Waals surface area (Å²) in [5.74, 6) is 1.02. The zero-order valence-electron chi connectivity index (χ0n) is 20.6. The Labute approximate surface area is 210 Å². The topological polar surface area (TPSA) is 101 Å². The number of amides is 1. The van der Waals surface area contributed by atoms with E-state index < -0.39 is 10.0 Å². The van der Waals surface area contributed by atoms with E-state index in [0.29, 0.717) is 18.0 Å². The molecule has 4 rings (SSSR count). The van der Waals surface area contributed by atoms with Crippen molar-refractivity contribution < 1.29 is 22.4 Å². The predicted molar refractivity (Wildman–Crippen MR) is 140 cm³/mol. The summed E-state index contributed by atoms with van der Waals surface area (Å²) < 4.78 is 37.9. The fourth-order valence-electron chi connectivity index (χ4n) is 3.76. The molecule has 2 N–H and O–H groups in total. The molecule has 1 aromatic heterocycles.